The molecule has 0 saturated heterocycles. The van der Waals surface area contributed by atoms with Crippen LogP contribution in [0, 0.1) is 0 Å². The third-order valence-electron chi connectivity index (χ3n) is 0. The number of hydrogen-bond acceptors (Lipinski definition) is 0. The van der Waals surface area contributed by atoms with Crippen LogP contribution in [0.5, 0.6) is 0 Å². The van der Waals surface area contributed by atoms with Crippen LogP contribution in [0.25, 0.3) is 0 Å². The van der Waals surface area contributed by atoms with Crippen molar-refractivity contribution in [2.24, 2.45) is 0 Å². The van der Waals surface area contributed by atoms with Crippen LogP contribution >= 0.6 is 90.4 Å². The van der Waals surface area contributed by atoms with E-state index in [1.165, 1.54) is 4.43 Å². The molecule has 0 bridgehead atoms. The second kappa shape index (κ2) is 11.7. The SMILES string of the molecule is CCI.IC(I)I. The van der Waals surface area contributed by atoms with Gasteiger partial charge in [0.2, 0.25) is 0 Å². The molecule has 0 saturated carbocycles. The van der Waals surface area contributed by atoms with Crippen LogP contribution in [-0.2, 0) is 0 Å². The lowest BCUT2D eigenvalue weighted by molar-refractivity contribution is 1.58. The highest BCUT2D eigenvalue weighted by atomic mass is 127. The van der Waals surface area contributed by atoms with E-state index in [0.717, 1.165) is -0.0619 Å². The Bertz CT molecular complexity index is 18.1. The number of hydrogen-bond donors (Lipinski definition) is 0. The van der Waals surface area contributed by atoms with Gasteiger partial charge in [-0.3, -0.25) is 0 Å². The quantitative estimate of drug-likeness (QED) is 0.317. The average molecular weight is 550 g/mol. The molecule has 0 unspecified atom stereocenters. The first-order valence-corrected chi connectivity index (χ1v) is 6.89. The number of rotatable bonds is 0. The van der Waals surface area contributed by atoms with Crippen LogP contribution < -0.4 is 0 Å². The second-order valence-corrected chi connectivity index (χ2v) is 12.9. The molecule has 46 valence electrons. The van der Waals surface area contributed by atoms with Gasteiger partial charge in [0.1, 0.15) is -0.0619 Å². The summed E-state index contributed by atoms with van der Waals surface area (Å²) in [6.45, 7) is 2.11. The summed E-state index contributed by atoms with van der Waals surface area (Å²) in [7, 11) is 0. The van der Waals surface area contributed by atoms with E-state index in [1.807, 2.05) is 0 Å². The molecular weight excluding hydrogens is 544 g/mol. The minimum atomic E-state index is 0.743. The lowest BCUT2D eigenvalue weighted by Gasteiger charge is -1.71. The Morgan fingerprint density at radius 1 is 1.29 bits per heavy atom. The first kappa shape index (κ1) is 12.6. The van der Waals surface area contributed by atoms with Gasteiger partial charge in [0.25, 0.3) is 0 Å². The summed E-state index contributed by atoms with van der Waals surface area (Å²) in [6.07, 6.45) is 0. The average Bonchev–Trinajstić information content (AvgIpc) is 1.33. The standard InChI is InChI=1S/C2H5I.CHI3/c1-2-3;2-1(3)4/h2H2,1H3;1H. The maximum absolute atomic E-state index is 2.32. The zero-order valence-corrected chi connectivity index (χ0v) is 12.4. The van der Waals surface area contributed by atoms with E-state index >= 15 is 0 Å². The first-order valence-electron chi connectivity index (χ1n) is 1.63. The summed E-state index contributed by atoms with van der Waals surface area (Å²) in [5.41, 5.74) is 0. The van der Waals surface area contributed by atoms with Crippen molar-refractivity contribution in [3.8, 4) is 0 Å². The van der Waals surface area contributed by atoms with Gasteiger partial charge in [0.05, 0.1) is 0 Å². The fourth-order valence-corrected chi connectivity index (χ4v) is 0. The van der Waals surface area contributed by atoms with E-state index in [-0.39, 0.29) is 0 Å². The smallest absolute Gasteiger partial charge is 0.0867 e. The summed E-state index contributed by atoms with van der Waals surface area (Å²) in [6, 6.07) is 0. The van der Waals surface area contributed by atoms with Crippen LogP contribution in [0.15, 0.2) is 0 Å². The van der Waals surface area contributed by atoms with Crippen LogP contribution in [0.3, 0.4) is 0 Å². The monoisotopic (exact) mass is 550 g/mol. The maximum atomic E-state index is 2.32. The summed E-state index contributed by atoms with van der Waals surface area (Å²) in [4.78, 5) is 0. The van der Waals surface area contributed by atoms with Gasteiger partial charge in [-0.2, -0.15) is 0 Å². The van der Waals surface area contributed by atoms with Gasteiger partial charge < -0.3 is 0 Å². The highest BCUT2D eigenvalue weighted by molar-refractivity contribution is 14.3. The summed E-state index contributed by atoms with van der Waals surface area (Å²) in [5.74, 6) is 0. The van der Waals surface area contributed by atoms with E-state index < -0.39 is 0 Å². The topological polar surface area (TPSA) is 0 Å². The third-order valence-corrected chi connectivity index (χ3v) is 0. The largest absolute Gasteiger partial charge is 0.114 e. The van der Waals surface area contributed by atoms with Crippen LogP contribution in [-0.4, -0.2) is 4.37 Å². The van der Waals surface area contributed by atoms with Crippen LogP contribution in [0.2, 0.25) is 0 Å². The lowest BCUT2D eigenvalue weighted by Crippen LogP contribution is -1.47. The van der Waals surface area contributed by atoms with Crippen molar-refractivity contribution in [1.82, 2.24) is 0 Å². The molecule has 0 aromatic heterocycles. The molecule has 7 heavy (non-hydrogen) atoms. The second-order valence-electron chi connectivity index (χ2n) is 0.515. The summed E-state index contributed by atoms with van der Waals surface area (Å²) in [5, 5.41) is 0. The Kier molecular flexibility index (Phi) is 21.0. The minimum Gasteiger partial charge on any atom is -0.0867 e. The van der Waals surface area contributed by atoms with E-state index in [9.17, 15) is 0 Å². The minimum absolute atomic E-state index is 0.743. The predicted molar refractivity (Wildman–Crippen MR) is 70.4 cm³/mol. The van der Waals surface area contributed by atoms with Crippen molar-refractivity contribution in [3.05, 3.63) is 0 Å². The molecule has 0 aromatic carbocycles. The lowest BCUT2D eigenvalue weighted by atomic mass is 11.0. The molecule has 0 aromatic rings. The van der Waals surface area contributed by atoms with Crippen molar-refractivity contribution in [1.29, 1.82) is 0 Å². The molecule has 0 fully saturated rings. The molecule has 0 aliphatic carbocycles. The normalized spacial score (nSPS) is 7.71. The van der Waals surface area contributed by atoms with E-state index in [2.05, 4.69) is 97.3 Å². The fraction of sp³-hybridized carbons (Fsp3) is 1.00. The molecule has 0 radical (unpaired) electrons. The van der Waals surface area contributed by atoms with Gasteiger partial charge in [0, 0.05) is 0 Å². The molecule has 0 rings (SSSR count). The van der Waals surface area contributed by atoms with Gasteiger partial charge in [-0.05, 0) is 4.43 Å². The number of halogens is 4. The molecule has 0 spiro atoms. The highest BCUT2D eigenvalue weighted by Gasteiger charge is 1.76. The molecule has 0 nitrogen and oxygen atoms in total. The van der Waals surface area contributed by atoms with Crippen molar-refractivity contribution in [2.75, 3.05) is 4.43 Å². The summed E-state index contributed by atoms with van der Waals surface area (Å²) >= 11 is 9.24. The van der Waals surface area contributed by atoms with Gasteiger partial charge >= 0.3 is 0 Å². The van der Waals surface area contributed by atoms with Crippen molar-refractivity contribution in [3.63, 3.8) is 0 Å². The molecule has 0 N–H and O–H groups in total. The van der Waals surface area contributed by atoms with Crippen molar-refractivity contribution < 1.29 is 0 Å². The molecule has 0 atom stereocenters. The maximum Gasteiger partial charge on any atom is 0.114 e. The first-order chi connectivity index (χ1) is 3.15. The van der Waals surface area contributed by atoms with E-state index in [1.54, 1.807) is 0 Å². The highest BCUT2D eigenvalue weighted by Crippen LogP contribution is 2.16. The van der Waals surface area contributed by atoms with Crippen molar-refractivity contribution in [2.45, 2.75) is 6.86 Å². The Morgan fingerprint density at radius 2 is 1.29 bits per heavy atom. The van der Waals surface area contributed by atoms with Gasteiger partial charge in [-0.1, -0.05) is 97.3 Å². The van der Waals surface area contributed by atoms with Gasteiger partial charge in [-0.25, -0.2) is 0 Å². The zero-order valence-electron chi connectivity index (χ0n) is 3.80. The van der Waals surface area contributed by atoms with Crippen molar-refractivity contribution >= 4 is 90.4 Å². The van der Waals surface area contributed by atoms with Gasteiger partial charge in [-0.15, -0.1) is 0 Å². The van der Waals surface area contributed by atoms with Crippen LogP contribution in [0.1, 0.15) is 6.92 Å². The predicted octanol–water partition coefficient (Wildman–Crippen LogP) is 4.02. The Morgan fingerprint density at radius 3 is 1.29 bits per heavy atom. The molecule has 0 amide bonds. The van der Waals surface area contributed by atoms with Gasteiger partial charge in [0.15, 0.2) is 0 Å². The molecule has 0 aliphatic heterocycles. The molecule has 0 aliphatic rings. The Balaban J connectivity index is 0. The number of alkyl halides is 4. The van der Waals surface area contributed by atoms with E-state index in [0.29, 0.717) is 0 Å². The zero-order chi connectivity index (χ0) is 6.28. The third kappa shape index (κ3) is 50.1. The fourth-order valence-electron chi connectivity index (χ4n) is 0. The molecular formula is C3H6I4. The Labute approximate surface area is 99.5 Å². The Hall–Kier alpha value is 2.92. The van der Waals surface area contributed by atoms with Crippen LogP contribution in [0.4, 0.5) is 0 Å². The molecule has 4 heteroatoms. The summed E-state index contributed by atoms with van der Waals surface area (Å²) < 4.78 is 1.96. The van der Waals surface area contributed by atoms with E-state index in [4.69, 9.17) is 0 Å². The molecule has 0 heterocycles.